The summed E-state index contributed by atoms with van der Waals surface area (Å²) in [5, 5.41) is 3.36. The van der Waals surface area contributed by atoms with E-state index < -0.39 is 0 Å². The van der Waals surface area contributed by atoms with Crippen LogP contribution < -0.4 is 19.5 Å². The molecule has 0 saturated heterocycles. The molecule has 1 heterocycles. The minimum Gasteiger partial charge on any atom is -0.497 e. The molecule has 1 N–H and O–H groups in total. The van der Waals surface area contributed by atoms with Crippen LogP contribution in [-0.4, -0.2) is 32.1 Å². The van der Waals surface area contributed by atoms with Crippen molar-refractivity contribution in [2.24, 2.45) is 4.99 Å². The van der Waals surface area contributed by atoms with Crippen LogP contribution >= 0.6 is 0 Å². The molecule has 3 aromatic rings. The van der Waals surface area contributed by atoms with E-state index in [1.54, 1.807) is 7.11 Å². The van der Waals surface area contributed by atoms with Gasteiger partial charge in [-0.1, -0.05) is 54.6 Å². The normalized spacial score (nSPS) is 13.8. The van der Waals surface area contributed by atoms with Gasteiger partial charge in [0.05, 0.1) is 13.7 Å². The number of aliphatic imine (C=N–C) groups is 1. The van der Waals surface area contributed by atoms with Crippen molar-refractivity contribution >= 4 is 5.84 Å². The minimum absolute atomic E-state index is 0.194. The Kier molecular flexibility index (Phi) is 6.50. The number of rotatable bonds is 9. The molecule has 0 radical (unpaired) electrons. The molecular weight excluding hydrogens is 376 g/mol. The lowest BCUT2D eigenvalue weighted by Gasteiger charge is -2.21. The van der Waals surface area contributed by atoms with Gasteiger partial charge in [0.1, 0.15) is 18.2 Å². The van der Waals surface area contributed by atoms with Gasteiger partial charge in [-0.15, -0.1) is 0 Å². The third-order valence-corrected chi connectivity index (χ3v) is 4.94. The monoisotopic (exact) mass is 402 g/mol. The van der Waals surface area contributed by atoms with Crippen molar-refractivity contribution < 1.29 is 14.2 Å². The number of nitrogens with zero attached hydrogens (tertiary/aromatic N) is 1. The average Bonchev–Trinajstić information content (AvgIpc) is 3.34. The van der Waals surface area contributed by atoms with Crippen LogP contribution in [0.25, 0.3) is 0 Å². The highest BCUT2D eigenvalue weighted by Crippen LogP contribution is 2.29. The Balaban J connectivity index is 1.49. The van der Waals surface area contributed by atoms with E-state index in [2.05, 4.69) is 22.4 Å². The first-order valence-electron chi connectivity index (χ1n) is 10.2. The molecule has 5 heteroatoms. The molecule has 5 nitrogen and oxygen atoms in total. The number of nitrogens with one attached hydrogen (secondary N) is 1. The van der Waals surface area contributed by atoms with E-state index in [9.17, 15) is 0 Å². The van der Waals surface area contributed by atoms with E-state index in [0.29, 0.717) is 18.1 Å². The second kappa shape index (κ2) is 9.83. The van der Waals surface area contributed by atoms with Crippen molar-refractivity contribution in [3.63, 3.8) is 0 Å². The Labute approximate surface area is 177 Å². The fourth-order valence-corrected chi connectivity index (χ4v) is 3.36. The molecule has 1 aliphatic heterocycles. The molecular formula is C25H26N2O3. The van der Waals surface area contributed by atoms with Crippen LogP contribution in [0.1, 0.15) is 11.1 Å². The summed E-state index contributed by atoms with van der Waals surface area (Å²) in [6, 6.07) is 26.0. The van der Waals surface area contributed by atoms with Gasteiger partial charge in [-0.05, 0) is 35.4 Å². The lowest BCUT2D eigenvalue weighted by molar-refractivity contribution is 0.233. The van der Waals surface area contributed by atoms with Gasteiger partial charge in [0, 0.05) is 13.0 Å². The second-order valence-electron chi connectivity index (χ2n) is 7.07. The van der Waals surface area contributed by atoms with Gasteiger partial charge >= 0.3 is 0 Å². The number of ether oxygens (including phenoxy) is 3. The van der Waals surface area contributed by atoms with Crippen molar-refractivity contribution in [2.45, 2.75) is 19.1 Å². The molecule has 4 rings (SSSR count). The summed E-state index contributed by atoms with van der Waals surface area (Å²) in [5.74, 6) is 3.15. The Morgan fingerprint density at radius 2 is 1.60 bits per heavy atom. The Morgan fingerprint density at radius 3 is 2.30 bits per heavy atom. The third-order valence-electron chi connectivity index (χ3n) is 4.94. The van der Waals surface area contributed by atoms with Gasteiger partial charge in [0.2, 0.25) is 0 Å². The summed E-state index contributed by atoms with van der Waals surface area (Å²) in [6.45, 7) is 2.08. The van der Waals surface area contributed by atoms with Gasteiger partial charge in [0.25, 0.3) is 0 Å². The van der Waals surface area contributed by atoms with Crippen LogP contribution in [0.15, 0.2) is 83.9 Å². The van der Waals surface area contributed by atoms with Crippen LogP contribution in [-0.2, 0) is 13.0 Å². The molecule has 0 aliphatic carbocycles. The molecule has 0 amide bonds. The van der Waals surface area contributed by atoms with Crippen molar-refractivity contribution in [1.82, 2.24) is 5.32 Å². The Morgan fingerprint density at radius 1 is 0.867 bits per heavy atom. The molecule has 1 aliphatic rings. The summed E-state index contributed by atoms with van der Waals surface area (Å²) >= 11 is 0. The zero-order chi connectivity index (χ0) is 20.6. The molecule has 1 atom stereocenters. The number of hydrogen-bond donors (Lipinski definition) is 1. The number of amidine groups is 1. The van der Waals surface area contributed by atoms with E-state index in [0.717, 1.165) is 36.7 Å². The maximum absolute atomic E-state index is 6.42. The van der Waals surface area contributed by atoms with E-state index >= 15 is 0 Å². The van der Waals surface area contributed by atoms with Gasteiger partial charge in [-0.25, -0.2) is 0 Å². The molecule has 0 spiro atoms. The van der Waals surface area contributed by atoms with E-state index in [1.807, 2.05) is 66.7 Å². The van der Waals surface area contributed by atoms with Gasteiger partial charge in [-0.2, -0.15) is 0 Å². The molecule has 0 aromatic heterocycles. The summed E-state index contributed by atoms with van der Waals surface area (Å²) in [7, 11) is 1.66. The maximum Gasteiger partial charge on any atom is 0.162 e. The van der Waals surface area contributed by atoms with Crippen molar-refractivity contribution in [3.05, 3.63) is 90.0 Å². The summed E-state index contributed by atoms with van der Waals surface area (Å²) in [5.41, 5.74) is 2.27. The molecule has 154 valence electrons. The lowest BCUT2D eigenvalue weighted by atomic mass is 10.1. The minimum atomic E-state index is -0.194. The smallest absolute Gasteiger partial charge is 0.162 e. The SMILES string of the molecule is COc1ccc(COc2ccccc2OC(Cc2ccccc2)C2=NCCN2)cc1. The van der Waals surface area contributed by atoms with Gasteiger partial charge in [-0.3, -0.25) is 4.99 Å². The predicted octanol–water partition coefficient (Wildman–Crippen LogP) is 4.27. The van der Waals surface area contributed by atoms with Crippen LogP contribution in [0.3, 0.4) is 0 Å². The van der Waals surface area contributed by atoms with E-state index in [1.165, 1.54) is 5.56 Å². The molecule has 3 aromatic carbocycles. The second-order valence-corrected chi connectivity index (χ2v) is 7.07. The summed E-state index contributed by atoms with van der Waals surface area (Å²) in [4.78, 5) is 4.60. The van der Waals surface area contributed by atoms with Gasteiger partial charge < -0.3 is 19.5 Å². The highest BCUT2D eigenvalue weighted by Gasteiger charge is 2.22. The quantitative estimate of drug-likeness (QED) is 0.581. The average molecular weight is 402 g/mol. The van der Waals surface area contributed by atoms with E-state index in [4.69, 9.17) is 14.2 Å². The first-order valence-corrected chi connectivity index (χ1v) is 10.2. The maximum atomic E-state index is 6.42. The predicted molar refractivity (Wildman–Crippen MR) is 119 cm³/mol. The number of hydrogen-bond acceptors (Lipinski definition) is 5. The van der Waals surface area contributed by atoms with Crippen LogP contribution in [0.5, 0.6) is 17.2 Å². The van der Waals surface area contributed by atoms with Crippen molar-refractivity contribution in [1.29, 1.82) is 0 Å². The topological polar surface area (TPSA) is 52.1 Å². The number of benzene rings is 3. The molecule has 0 fully saturated rings. The van der Waals surface area contributed by atoms with Crippen molar-refractivity contribution in [2.75, 3.05) is 20.2 Å². The van der Waals surface area contributed by atoms with Crippen LogP contribution in [0.4, 0.5) is 0 Å². The fourth-order valence-electron chi connectivity index (χ4n) is 3.36. The number of methoxy groups -OCH3 is 1. The highest BCUT2D eigenvalue weighted by atomic mass is 16.5. The third kappa shape index (κ3) is 5.11. The highest BCUT2D eigenvalue weighted by molar-refractivity contribution is 5.88. The largest absolute Gasteiger partial charge is 0.497 e. The molecule has 1 unspecified atom stereocenters. The van der Waals surface area contributed by atoms with Crippen molar-refractivity contribution in [3.8, 4) is 17.2 Å². The molecule has 30 heavy (non-hydrogen) atoms. The van der Waals surface area contributed by atoms with E-state index in [-0.39, 0.29) is 6.10 Å². The Bertz CT molecular complexity index is 971. The fraction of sp³-hybridized carbons (Fsp3) is 0.240. The first-order chi connectivity index (χ1) is 14.8. The van der Waals surface area contributed by atoms with Gasteiger partial charge in [0.15, 0.2) is 17.6 Å². The summed E-state index contributed by atoms with van der Waals surface area (Å²) < 4.78 is 17.7. The first kappa shape index (κ1) is 19.8. The zero-order valence-corrected chi connectivity index (χ0v) is 17.1. The summed E-state index contributed by atoms with van der Waals surface area (Å²) in [6.07, 6.45) is 0.542. The van der Waals surface area contributed by atoms with Crippen LogP contribution in [0, 0.1) is 0 Å². The zero-order valence-electron chi connectivity index (χ0n) is 17.1. The number of para-hydroxylation sites is 2. The Hall–Kier alpha value is -3.47. The standard InChI is InChI=1S/C25H26N2O3/c1-28-21-13-11-20(12-14-21)18-29-22-9-5-6-10-23(22)30-24(25-26-15-16-27-25)17-19-7-3-2-4-8-19/h2-14,24H,15-18H2,1H3,(H,26,27). The molecule has 0 bridgehead atoms. The lowest BCUT2D eigenvalue weighted by Crippen LogP contribution is -2.37. The molecule has 0 saturated carbocycles. The van der Waals surface area contributed by atoms with Crippen LogP contribution in [0.2, 0.25) is 0 Å².